The van der Waals surface area contributed by atoms with E-state index in [1.54, 1.807) is 0 Å². The van der Waals surface area contributed by atoms with E-state index < -0.39 is 0 Å². The van der Waals surface area contributed by atoms with Gasteiger partial charge in [-0.25, -0.2) is 4.79 Å². The van der Waals surface area contributed by atoms with Crippen LogP contribution in [0.15, 0.2) is 42.5 Å². The Kier molecular flexibility index (Phi) is 5.89. The number of aryl methyl sites for hydroxylation is 2. The molecule has 0 saturated carbocycles. The van der Waals surface area contributed by atoms with Crippen LogP contribution in [0, 0.1) is 13.8 Å². The van der Waals surface area contributed by atoms with Crippen molar-refractivity contribution in [1.29, 1.82) is 0 Å². The molecule has 138 valence electrons. The molecular weight excluding hydrogens is 350 g/mol. The zero-order chi connectivity index (χ0) is 18.5. The molecule has 1 aliphatic heterocycles. The lowest BCUT2D eigenvalue weighted by Crippen LogP contribution is -2.52. The molecule has 0 unspecified atom stereocenters. The molecule has 6 heteroatoms. The summed E-state index contributed by atoms with van der Waals surface area (Å²) in [5, 5.41) is 3.55. The maximum atomic E-state index is 12.3. The van der Waals surface area contributed by atoms with Gasteiger partial charge >= 0.3 is 6.03 Å². The number of amides is 2. The second-order valence-corrected chi connectivity index (χ2v) is 6.91. The van der Waals surface area contributed by atoms with Gasteiger partial charge in [0.15, 0.2) is 6.73 Å². The molecule has 1 N–H and O–H groups in total. The van der Waals surface area contributed by atoms with Crippen molar-refractivity contribution >= 4 is 23.3 Å². The summed E-state index contributed by atoms with van der Waals surface area (Å²) in [4.78, 5) is 16.3. The van der Waals surface area contributed by atoms with Crippen LogP contribution in [-0.2, 0) is 0 Å². The largest absolute Gasteiger partial charge is 0.473 e. The number of benzene rings is 2. The summed E-state index contributed by atoms with van der Waals surface area (Å²) < 4.78 is 5.62. The first-order valence-electron chi connectivity index (χ1n) is 8.76. The molecule has 1 aliphatic rings. The predicted molar refractivity (Wildman–Crippen MR) is 105 cm³/mol. The average Bonchev–Trinajstić information content (AvgIpc) is 2.65. The van der Waals surface area contributed by atoms with Crippen molar-refractivity contribution < 1.29 is 9.53 Å². The van der Waals surface area contributed by atoms with Crippen LogP contribution >= 0.6 is 11.6 Å². The van der Waals surface area contributed by atoms with E-state index in [4.69, 9.17) is 16.3 Å². The van der Waals surface area contributed by atoms with Crippen LogP contribution in [0.4, 0.5) is 10.5 Å². The van der Waals surface area contributed by atoms with Gasteiger partial charge in [-0.15, -0.1) is 0 Å². The molecule has 1 saturated heterocycles. The number of carbonyl (C=O) groups excluding carboxylic acids is 1. The Bertz CT molecular complexity index is 773. The molecule has 3 rings (SSSR count). The van der Waals surface area contributed by atoms with Crippen LogP contribution < -0.4 is 15.0 Å². The number of ether oxygens (including phenoxy) is 1. The Morgan fingerprint density at radius 1 is 1.08 bits per heavy atom. The zero-order valence-electron chi connectivity index (χ0n) is 15.2. The van der Waals surface area contributed by atoms with Crippen molar-refractivity contribution in [2.75, 3.05) is 37.8 Å². The summed E-state index contributed by atoms with van der Waals surface area (Å²) >= 11 is 6.05. The molecule has 0 aliphatic carbocycles. The van der Waals surface area contributed by atoms with E-state index in [0.29, 0.717) is 13.1 Å². The number of halogens is 1. The van der Waals surface area contributed by atoms with Crippen molar-refractivity contribution in [2.45, 2.75) is 13.8 Å². The highest BCUT2D eigenvalue weighted by atomic mass is 35.5. The Morgan fingerprint density at radius 2 is 1.85 bits per heavy atom. The minimum absolute atomic E-state index is 0.0976. The van der Waals surface area contributed by atoms with Gasteiger partial charge in [-0.05, 0) is 55.3 Å². The molecular formula is C20H24ClN3O2. The molecule has 1 heterocycles. The molecule has 26 heavy (non-hydrogen) atoms. The lowest BCUT2D eigenvalue weighted by Gasteiger charge is -2.36. The number of rotatable bonds is 4. The first kappa shape index (κ1) is 18.4. The molecule has 2 aromatic rings. The fourth-order valence-electron chi connectivity index (χ4n) is 2.94. The molecule has 0 spiro atoms. The summed E-state index contributed by atoms with van der Waals surface area (Å²) in [6.07, 6.45) is 0. The smallest absolute Gasteiger partial charge is 0.320 e. The van der Waals surface area contributed by atoms with Gasteiger partial charge in [0.2, 0.25) is 0 Å². The predicted octanol–water partition coefficient (Wildman–Crippen LogP) is 3.82. The minimum Gasteiger partial charge on any atom is -0.473 e. The van der Waals surface area contributed by atoms with Crippen LogP contribution in [0.5, 0.6) is 5.75 Å². The molecule has 2 amide bonds. The van der Waals surface area contributed by atoms with Crippen molar-refractivity contribution in [1.82, 2.24) is 10.2 Å². The number of urea groups is 1. The van der Waals surface area contributed by atoms with Gasteiger partial charge in [0.1, 0.15) is 5.75 Å². The highest BCUT2D eigenvalue weighted by molar-refractivity contribution is 6.30. The highest BCUT2D eigenvalue weighted by Gasteiger charge is 2.21. The third kappa shape index (κ3) is 4.61. The number of anilines is 1. The molecule has 0 radical (unpaired) electrons. The van der Waals surface area contributed by atoms with Crippen LogP contribution in [-0.4, -0.2) is 43.8 Å². The van der Waals surface area contributed by atoms with Gasteiger partial charge in [-0.2, -0.15) is 0 Å². The Hall–Kier alpha value is -2.40. The Labute approximate surface area is 159 Å². The summed E-state index contributed by atoms with van der Waals surface area (Å²) in [5.74, 6) is 0.763. The number of nitrogens with one attached hydrogen (secondary N) is 1. The van der Waals surface area contributed by atoms with E-state index in [-0.39, 0.29) is 12.8 Å². The fraction of sp³-hybridized carbons (Fsp3) is 0.350. The Morgan fingerprint density at radius 3 is 2.54 bits per heavy atom. The van der Waals surface area contributed by atoms with Crippen LogP contribution in [0.1, 0.15) is 11.1 Å². The van der Waals surface area contributed by atoms with Gasteiger partial charge in [0, 0.05) is 36.9 Å². The van der Waals surface area contributed by atoms with E-state index in [1.807, 2.05) is 54.3 Å². The van der Waals surface area contributed by atoms with Gasteiger partial charge < -0.3 is 19.9 Å². The van der Waals surface area contributed by atoms with Crippen molar-refractivity contribution in [2.24, 2.45) is 0 Å². The average molecular weight is 374 g/mol. The quantitative estimate of drug-likeness (QED) is 0.828. The van der Waals surface area contributed by atoms with E-state index in [2.05, 4.69) is 17.1 Å². The number of carbonyl (C=O) groups is 1. The third-order valence-corrected chi connectivity index (χ3v) is 4.92. The monoisotopic (exact) mass is 373 g/mol. The standard InChI is InChI=1S/C20H24ClN3O2/c1-15-6-7-19(12-16(15)2)26-14-22-20(25)24-10-8-23(9-11-24)18-5-3-4-17(21)13-18/h3-7,12-13H,8-11,14H2,1-2H3,(H,22,25). The molecule has 5 nitrogen and oxygen atoms in total. The Balaban J connectivity index is 1.44. The third-order valence-electron chi connectivity index (χ3n) is 4.68. The molecule has 0 aromatic heterocycles. The summed E-state index contributed by atoms with van der Waals surface area (Å²) in [6, 6.07) is 13.6. The molecule has 0 atom stereocenters. The number of piperazine rings is 1. The summed E-state index contributed by atoms with van der Waals surface area (Å²) in [6.45, 7) is 7.17. The van der Waals surface area contributed by atoms with Gasteiger partial charge in [-0.3, -0.25) is 0 Å². The lowest BCUT2D eigenvalue weighted by molar-refractivity contribution is 0.181. The SMILES string of the molecule is Cc1ccc(OCNC(=O)N2CCN(c3cccc(Cl)c3)CC2)cc1C. The second-order valence-electron chi connectivity index (χ2n) is 6.47. The fourth-order valence-corrected chi connectivity index (χ4v) is 3.12. The van der Waals surface area contributed by atoms with Gasteiger partial charge in [-0.1, -0.05) is 23.7 Å². The second kappa shape index (κ2) is 8.32. The first-order chi connectivity index (χ1) is 12.5. The number of nitrogens with zero attached hydrogens (tertiary/aromatic N) is 2. The summed E-state index contributed by atoms with van der Waals surface area (Å²) in [5.41, 5.74) is 3.49. The van der Waals surface area contributed by atoms with Crippen LogP contribution in [0.25, 0.3) is 0 Å². The molecule has 0 bridgehead atoms. The van der Waals surface area contributed by atoms with Crippen LogP contribution in [0.3, 0.4) is 0 Å². The molecule has 2 aromatic carbocycles. The molecule has 1 fully saturated rings. The van der Waals surface area contributed by atoms with E-state index >= 15 is 0 Å². The van der Waals surface area contributed by atoms with Gasteiger partial charge in [0.25, 0.3) is 0 Å². The maximum Gasteiger partial charge on any atom is 0.320 e. The highest BCUT2D eigenvalue weighted by Crippen LogP contribution is 2.21. The minimum atomic E-state index is -0.0976. The maximum absolute atomic E-state index is 12.3. The normalized spacial score (nSPS) is 14.3. The van der Waals surface area contributed by atoms with Crippen molar-refractivity contribution in [3.8, 4) is 5.75 Å². The number of hydrogen-bond donors (Lipinski definition) is 1. The van der Waals surface area contributed by atoms with Crippen molar-refractivity contribution in [3.63, 3.8) is 0 Å². The van der Waals surface area contributed by atoms with Gasteiger partial charge in [0.05, 0.1) is 0 Å². The number of hydrogen-bond acceptors (Lipinski definition) is 3. The van der Waals surface area contributed by atoms with E-state index in [1.165, 1.54) is 11.1 Å². The first-order valence-corrected chi connectivity index (χ1v) is 9.14. The van der Waals surface area contributed by atoms with E-state index in [9.17, 15) is 4.79 Å². The zero-order valence-corrected chi connectivity index (χ0v) is 15.9. The van der Waals surface area contributed by atoms with E-state index in [0.717, 1.165) is 29.5 Å². The topological polar surface area (TPSA) is 44.8 Å². The lowest BCUT2D eigenvalue weighted by atomic mass is 10.1. The van der Waals surface area contributed by atoms with Crippen LogP contribution in [0.2, 0.25) is 5.02 Å². The van der Waals surface area contributed by atoms with Crippen molar-refractivity contribution in [3.05, 3.63) is 58.6 Å². The summed E-state index contributed by atoms with van der Waals surface area (Å²) in [7, 11) is 0.